The molecule has 0 unspecified atom stereocenters. The fourth-order valence-corrected chi connectivity index (χ4v) is 3.40. The van der Waals surface area contributed by atoms with Crippen LogP contribution in [0.2, 0.25) is 0 Å². The molecule has 0 aliphatic carbocycles. The van der Waals surface area contributed by atoms with Crippen LogP contribution >= 0.6 is 0 Å². The first-order chi connectivity index (χ1) is 16.4. The van der Waals surface area contributed by atoms with Crippen molar-refractivity contribution in [3.63, 3.8) is 0 Å². The second kappa shape index (κ2) is 9.77. The van der Waals surface area contributed by atoms with E-state index in [-0.39, 0.29) is 5.56 Å². The van der Waals surface area contributed by atoms with E-state index in [1.807, 2.05) is 0 Å². The van der Waals surface area contributed by atoms with Crippen LogP contribution in [0.5, 0.6) is 0 Å². The Labute approximate surface area is 194 Å². The molecule has 3 rings (SSSR count). The molecule has 0 spiro atoms. The normalized spacial score (nSPS) is 11.3. The average molecular weight is 499 g/mol. The number of rotatable bonds is 5. The Bertz CT molecular complexity index is 1290. The van der Waals surface area contributed by atoms with Gasteiger partial charge in [0.2, 0.25) is 5.91 Å². The molecule has 4 nitrogen and oxygen atoms in total. The van der Waals surface area contributed by atoms with Crippen molar-refractivity contribution < 1.29 is 45.1 Å². The second-order valence-corrected chi connectivity index (χ2v) is 7.41. The van der Waals surface area contributed by atoms with Gasteiger partial charge in [-0.05, 0) is 35.2 Å². The summed E-state index contributed by atoms with van der Waals surface area (Å²) >= 11 is 0. The summed E-state index contributed by atoms with van der Waals surface area (Å²) in [4.78, 5) is 24.5. The van der Waals surface area contributed by atoms with E-state index in [0.717, 1.165) is 0 Å². The Hall–Kier alpha value is -3.89. The van der Waals surface area contributed by atoms with Crippen molar-refractivity contribution >= 4 is 17.6 Å². The van der Waals surface area contributed by atoms with E-state index in [1.165, 1.54) is 19.2 Å². The number of benzene rings is 3. The molecule has 0 saturated carbocycles. The largest absolute Gasteiger partial charge is 0.465 e. The zero-order valence-corrected chi connectivity index (χ0v) is 18.1. The SMILES string of the molecule is COC(=O)c1ccccc1-c1ccc(C)c(CC(=O)Nc2c(F)c(F)c(C(F)(F)F)c(F)c2F)c1. The highest BCUT2D eigenvalue weighted by Crippen LogP contribution is 2.38. The van der Waals surface area contributed by atoms with E-state index in [2.05, 4.69) is 0 Å². The molecule has 3 aromatic carbocycles. The van der Waals surface area contributed by atoms with Gasteiger partial charge in [-0.1, -0.05) is 36.4 Å². The molecular formula is C24H16F7NO3. The summed E-state index contributed by atoms with van der Waals surface area (Å²) in [6, 6.07) is 11.2. The zero-order chi connectivity index (χ0) is 26.1. The first kappa shape index (κ1) is 25.7. The number of aryl methyl sites for hydroxylation is 1. The maximum absolute atomic E-state index is 14.1. The zero-order valence-electron chi connectivity index (χ0n) is 18.1. The van der Waals surface area contributed by atoms with E-state index < -0.39 is 59.0 Å². The maximum atomic E-state index is 14.1. The molecule has 184 valence electrons. The third-order valence-electron chi connectivity index (χ3n) is 5.15. The van der Waals surface area contributed by atoms with Crippen LogP contribution in [-0.2, 0) is 22.1 Å². The summed E-state index contributed by atoms with van der Waals surface area (Å²) < 4.78 is 98.8. The lowest BCUT2D eigenvalue weighted by Crippen LogP contribution is -2.21. The molecule has 0 fully saturated rings. The van der Waals surface area contributed by atoms with E-state index in [1.54, 1.807) is 42.6 Å². The third-order valence-corrected chi connectivity index (χ3v) is 5.15. The molecule has 35 heavy (non-hydrogen) atoms. The number of amides is 1. The van der Waals surface area contributed by atoms with Crippen LogP contribution < -0.4 is 5.32 Å². The Balaban J connectivity index is 1.94. The molecule has 1 amide bonds. The maximum Gasteiger partial charge on any atom is 0.422 e. The van der Waals surface area contributed by atoms with Gasteiger partial charge in [0.05, 0.1) is 19.1 Å². The number of ether oxygens (including phenoxy) is 1. The summed E-state index contributed by atoms with van der Waals surface area (Å²) in [6.45, 7) is 1.61. The molecule has 0 aromatic heterocycles. The molecule has 1 N–H and O–H groups in total. The van der Waals surface area contributed by atoms with Crippen LogP contribution in [0.15, 0.2) is 42.5 Å². The number of alkyl halides is 3. The van der Waals surface area contributed by atoms with Crippen LogP contribution in [-0.4, -0.2) is 19.0 Å². The smallest absolute Gasteiger partial charge is 0.422 e. The van der Waals surface area contributed by atoms with Crippen molar-refractivity contribution in [3.05, 3.63) is 88.0 Å². The second-order valence-electron chi connectivity index (χ2n) is 7.41. The number of hydrogen-bond acceptors (Lipinski definition) is 3. The predicted molar refractivity (Wildman–Crippen MR) is 112 cm³/mol. The van der Waals surface area contributed by atoms with Gasteiger partial charge >= 0.3 is 12.1 Å². The fourth-order valence-electron chi connectivity index (χ4n) is 3.40. The van der Waals surface area contributed by atoms with Gasteiger partial charge in [0, 0.05) is 0 Å². The number of methoxy groups -OCH3 is 1. The van der Waals surface area contributed by atoms with Gasteiger partial charge in [0.25, 0.3) is 0 Å². The van der Waals surface area contributed by atoms with Gasteiger partial charge in [0.15, 0.2) is 23.3 Å². The van der Waals surface area contributed by atoms with Crippen LogP contribution in [0.3, 0.4) is 0 Å². The minimum absolute atomic E-state index is 0.231. The van der Waals surface area contributed by atoms with Crippen molar-refractivity contribution in [2.75, 3.05) is 12.4 Å². The first-order valence-electron chi connectivity index (χ1n) is 9.87. The van der Waals surface area contributed by atoms with Crippen LogP contribution in [0.4, 0.5) is 36.4 Å². The standard InChI is InChI=1S/C24H16F7NO3/c1-11-7-8-12(14-5-3-4-6-15(14)23(34)35-2)9-13(11)10-16(33)32-22-20(27)18(25)17(24(29,30)31)19(26)21(22)28/h3-9H,10H2,1-2H3,(H,32,33). The number of halogens is 7. The van der Waals surface area contributed by atoms with Crippen molar-refractivity contribution in [1.29, 1.82) is 0 Å². The number of nitrogens with one attached hydrogen (secondary N) is 1. The van der Waals surface area contributed by atoms with Gasteiger partial charge < -0.3 is 10.1 Å². The number of carbonyl (C=O) groups is 2. The lowest BCUT2D eigenvalue weighted by Gasteiger charge is -2.15. The fraction of sp³-hybridized carbons (Fsp3) is 0.167. The quantitative estimate of drug-likeness (QED) is 0.258. The Morgan fingerprint density at radius 1 is 0.914 bits per heavy atom. The third kappa shape index (κ3) is 5.13. The van der Waals surface area contributed by atoms with Crippen LogP contribution in [0.1, 0.15) is 27.0 Å². The molecule has 0 saturated heterocycles. The number of hydrogen-bond donors (Lipinski definition) is 1. The lowest BCUT2D eigenvalue weighted by molar-refractivity contribution is -0.143. The number of carbonyl (C=O) groups excluding carboxylic acids is 2. The summed E-state index contributed by atoms with van der Waals surface area (Å²) in [5.41, 5.74) is -2.37. The van der Waals surface area contributed by atoms with Gasteiger partial charge in [-0.2, -0.15) is 13.2 Å². The number of esters is 1. The van der Waals surface area contributed by atoms with Gasteiger partial charge in [-0.15, -0.1) is 0 Å². The molecular weight excluding hydrogens is 483 g/mol. The predicted octanol–water partition coefficient (Wildman–Crippen LogP) is 6.21. The average Bonchev–Trinajstić information content (AvgIpc) is 2.80. The minimum Gasteiger partial charge on any atom is -0.465 e. The highest BCUT2D eigenvalue weighted by molar-refractivity contribution is 5.97. The Morgan fingerprint density at radius 2 is 1.51 bits per heavy atom. The van der Waals surface area contributed by atoms with E-state index in [0.29, 0.717) is 22.3 Å². The summed E-state index contributed by atoms with van der Waals surface area (Å²) in [7, 11) is 1.20. The summed E-state index contributed by atoms with van der Waals surface area (Å²) in [5.74, 6) is -11.9. The molecule has 0 aliphatic heterocycles. The van der Waals surface area contributed by atoms with Gasteiger partial charge in [0.1, 0.15) is 11.3 Å². The van der Waals surface area contributed by atoms with Gasteiger partial charge in [-0.25, -0.2) is 22.4 Å². The topological polar surface area (TPSA) is 55.4 Å². The first-order valence-corrected chi connectivity index (χ1v) is 9.87. The summed E-state index contributed by atoms with van der Waals surface area (Å²) in [5, 5.41) is 1.60. The molecule has 0 radical (unpaired) electrons. The monoisotopic (exact) mass is 499 g/mol. The van der Waals surface area contributed by atoms with Crippen molar-refractivity contribution in [3.8, 4) is 11.1 Å². The van der Waals surface area contributed by atoms with E-state index in [9.17, 15) is 40.3 Å². The van der Waals surface area contributed by atoms with E-state index >= 15 is 0 Å². The van der Waals surface area contributed by atoms with Gasteiger partial charge in [-0.3, -0.25) is 4.79 Å². The highest BCUT2D eigenvalue weighted by Gasteiger charge is 2.42. The van der Waals surface area contributed by atoms with Crippen molar-refractivity contribution in [2.45, 2.75) is 19.5 Å². The molecule has 0 bridgehead atoms. The van der Waals surface area contributed by atoms with Crippen molar-refractivity contribution in [2.24, 2.45) is 0 Å². The molecule has 0 heterocycles. The van der Waals surface area contributed by atoms with Crippen LogP contribution in [0.25, 0.3) is 11.1 Å². The number of anilines is 1. The van der Waals surface area contributed by atoms with Crippen molar-refractivity contribution in [1.82, 2.24) is 0 Å². The Morgan fingerprint density at radius 3 is 2.09 bits per heavy atom. The van der Waals surface area contributed by atoms with E-state index in [4.69, 9.17) is 4.74 Å². The lowest BCUT2D eigenvalue weighted by atomic mass is 9.95. The molecule has 0 aliphatic rings. The Kier molecular flexibility index (Phi) is 7.18. The summed E-state index contributed by atoms with van der Waals surface area (Å²) in [6.07, 6.45) is -6.25. The minimum atomic E-state index is -5.70. The van der Waals surface area contributed by atoms with Crippen LogP contribution in [0, 0.1) is 30.2 Å². The molecule has 3 aromatic rings. The molecule has 11 heteroatoms. The highest BCUT2D eigenvalue weighted by atomic mass is 19.4. The molecule has 0 atom stereocenters.